The fraction of sp³-hybridized carbons (Fsp3) is 0.571. The van der Waals surface area contributed by atoms with Crippen LogP contribution in [0.1, 0.15) is 40.0 Å². The lowest BCUT2D eigenvalue weighted by Gasteiger charge is -2.30. The lowest BCUT2D eigenvalue weighted by atomic mass is 10.1. The maximum Gasteiger partial charge on any atom is 0.310 e. The highest BCUT2D eigenvalue weighted by molar-refractivity contribution is 6.33. The van der Waals surface area contributed by atoms with Crippen molar-refractivity contribution >= 4 is 23.0 Å². The lowest BCUT2D eigenvalue weighted by molar-refractivity contribution is -0.384. The first kappa shape index (κ1) is 15.8. The number of anilines is 1. The van der Waals surface area contributed by atoms with Crippen molar-refractivity contribution in [3.05, 3.63) is 33.3 Å². The summed E-state index contributed by atoms with van der Waals surface area (Å²) in [5.41, 5.74) is 0.640. The monoisotopic (exact) mass is 284 g/mol. The minimum atomic E-state index is -0.390. The molecule has 0 fully saturated rings. The first-order valence-corrected chi connectivity index (χ1v) is 7.10. The van der Waals surface area contributed by atoms with Gasteiger partial charge in [0.25, 0.3) is 0 Å². The third-order valence-corrected chi connectivity index (χ3v) is 3.64. The minimum absolute atomic E-state index is 0.0144. The molecule has 0 radical (unpaired) electrons. The molecule has 0 saturated carbocycles. The molecule has 0 aliphatic carbocycles. The third-order valence-electron chi connectivity index (χ3n) is 3.33. The van der Waals surface area contributed by atoms with Gasteiger partial charge in [0.2, 0.25) is 0 Å². The molecule has 0 aliphatic heterocycles. The smallest absolute Gasteiger partial charge is 0.310 e. The number of nitrogens with zero attached hydrogens (tertiary/aromatic N) is 2. The molecular weight excluding hydrogens is 264 g/mol. The van der Waals surface area contributed by atoms with Crippen molar-refractivity contribution in [3.8, 4) is 0 Å². The number of hydrogen-bond donors (Lipinski definition) is 0. The van der Waals surface area contributed by atoms with Gasteiger partial charge in [-0.15, -0.1) is 0 Å². The number of benzene rings is 1. The average Bonchev–Trinajstić information content (AvgIpc) is 2.38. The van der Waals surface area contributed by atoms with Gasteiger partial charge < -0.3 is 4.90 Å². The van der Waals surface area contributed by atoms with E-state index in [1.807, 2.05) is 0 Å². The quantitative estimate of drug-likeness (QED) is 0.541. The van der Waals surface area contributed by atoms with Crippen LogP contribution in [0.3, 0.4) is 0 Å². The SMILES string of the molecule is CCCCN(c1cccc(Cl)c1[N+](=O)[O-])C(C)CC. The molecule has 0 aromatic heterocycles. The molecule has 0 saturated heterocycles. The second-order valence-corrected chi connectivity index (χ2v) is 5.08. The number of nitro benzene ring substituents is 1. The Morgan fingerprint density at radius 2 is 2.11 bits per heavy atom. The number of nitro groups is 1. The molecule has 4 nitrogen and oxygen atoms in total. The van der Waals surface area contributed by atoms with Crippen molar-refractivity contribution in [1.29, 1.82) is 0 Å². The standard InChI is InChI=1S/C14H21ClN2O2/c1-4-6-10-16(11(3)5-2)13-9-7-8-12(15)14(13)17(18)19/h7-9,11H,4-6,10H2,1-3H3. The van der Waals surface area contributed by atoms with Gasteiger partial charge in [0.15, 0.2) is 0 Å². The van der Waals surface area contributed by atoms with Gasteiger partial charge in [-0.05, 0) is 31.9 Å². The van der Waals surface area contributed by atoms with Crippen LogP contribution in [0.4, 0.5) is 11.4 Å². The van der Waals surface area contributed by atoms with Gasteiger partial charge >= 0.3 is 5.69 Å². The zero-order valence-electron chi connectivity index (χ0n) is 11.7. The number of halogens is 1. The van der Waals surface area contributed by atoms with Crippen LogP contribution in [-0.4, -0.2) is 17.5 Å². The van der Waals surface area contributed by atoms with Gasteiger partial charge in [-0.25, -0.2) is 0 Å². The Balaban J connectivity index is 3.21. The van der Waals surface area contributed by atoms with Gasteiger partial charge in [-0.3, -0.25) is 10.1 Å². The fourth-order valence-corrected chi connectivity index (χ4v) is 2.28. The van der Waals surface area contributed by atoms with Crippen LogP contribution < -0.4 is 4.90 Å². The van der Waals surface area contributed by atoms with E-state index in [0.717, 1.165) is 25.8 Å². The fourth-order valence-electron chi connectivity index (χ4n) is 2.04. The van der Waals surface area contributed by atoms with Crippen LogP contribution in [0.15, 0.2) is 18.2 Å². The van der Waals surface area contributed by atoms with E-state index in [1.165, 1.54) is 0 Å². The van der Waals surface area contributed by atoms with Crippen LogP contribution in [0, 0.1) is 10.1 Å². The summed E-state index contributed by atoms with van der Waals surface area (Å²) >= 11 is 5.98. The summed E-state index contributed by atoms with van der Waals surface area (Å²) in [7, 11) is 0. The zero-order valence-corrected chi connectivity index (χ0v) is 12.5. The molecule has 1 aromatic carbocycles. The molecule has 0 amide bonds. The minimum Gasteiger partial charge on any atom is -0.363 e. The topological polar surface area (TPSA) is 46.4 Å². The van der Waals surface area contributed by atoms with E-state index in [0.29, 0.717) is 5.69 Å². The maximum atomic E-state index is 11.2. The number of para-hydroxylation sites is 1. The second kappa shape index (κ2) is 7.34. The van der Waals surface area contributed by atoms with Crippen LogP contribution in [-0.2, 0) is 0 Å². The Morgan fingerprint density at radius 1 is 1.42 bits per heavy atom. The first-order valence-electron chi connectivity index (χ1n) is 6.72. The van der Waals surface area contributed by atoms with E-state index in [-0.39, 0.29) is 21.7 Å². The first-order chi connectivity index (χ1) is 9.02. The normalized spacial score (nSPS) is 12.2. The van der Waals surface area contributed by atoms with Crippen LogP contribution in [0.25, 0.3) is 0 Å². The molecule has 106 valence electrons. The molecule has 0 spiro atoms. The maximum absolute atomic E-state index is 11.2. The largest absolute Gasteiger partial charge is 0.363 e. The zero-order chi connectivity index (χ0) is 14.4. The van der Waals surface area contributed by atoms with E-state index < -0.39 is 0 Å². The number of unbranched alkanes of at least 4 members (excludes halogenated alkanes) is 1. The number of hydrogen-bond acceptors (Lipinski definition) is 3. The summed E-state index contributed by atoms with van der Waals surface area (Å²) in [5, 5.41) is 11.4. The van der Waals surface area contributed by atoms with Gasteiger partial charge in [-0.1, -0.05) is 37.9 Å². The summed E-state index contributed by atoms with van der Waals surface area (Å²) < 4.78 is 0. The molecule has 0 heterocycles. The Morgan fingerprint density at radius 3 is 2.63 bits per heavy atom. The van der Waals surface area contributed by atoms with E-state index in [1.54, 1.807) is 18.2 Å². The predicted molar refractivity (Wildman–Crippen MR) is 80.1 cm³/mol. The van der Waals surface area contributed by atoms with Gasteiger partial charge in [0, 0.05) is 12.6 Å². The van der Waals surface area contributed by atoms with Crippen molar-refractivity contribution in [3.63, 3.8) is 0 Å². The third kappa shape index (κ3) is 3.83. The molecule has 5 heteroatoms. The Bertz CT molecular complexity index is 437. The van der Waals surface area contributed by atoms with Crippen molar-refractivity contribution in [2.24, 2.45) is 0 Å². The van der Waals surface area contributed by atoms with Crippen molar-refractivity contribution in [2.75, 3.05) is 11.4 Å². The number of rotatable bonds is 7. The van der Waals surface area contributed by atoms with Crippen LogP contribution in [0.5, 0.6) is 0 Å². The summed E-state index contributed by atoms with van der Waals surface area (Å²) in [4.78, 5) is 12.9. The summed E-state index contributed by atoms with van der Waals surface area (Å²) in [6.45, 7) is 7.09. The molecule has 0 bridgehead atoms. The van der Waals surface area contributed by atoms with Gasteiger partial charge in [0.05, 0.1) is 4.92 Å². The lowest BCUT2D eigenvalue weighted by Crippen LogP contribution is -2.34. The van der Waals surface area contributed by atoms with Crippen molar-refractivity contribution in [1.82, 2.24) is 0 Å². The van der Waals surface area contributed by atoms with E-state index in [9.17, 15) is 10.1 Å². The van der Waals surface area contributed by atoms with Gasteiger partial charge in [-0.2, -0.15) is 0 Å². The Kier molecular flexibility index (Phi) is 6.09. The van der Waals surface area contributed by atoms with Crippen molar-refractivity contribution in [2.45, 2.75) is 46.1 Å². The molecule has 0 N–H and O–H groups in total. The summed E-state index contributed by atoms with van der Waals surface area (Å²) in [6, 6.07) is 5.37. The van der Waals surface area contributed by atoms with E-state index in [2.05, 4.69) is 25.7 Å². The van der Waals surface area contributed by atoms with Gasteiger partial charge in [0.1, 0.15) is 10.7 Å². The summed E-state index contributed by atoms with van der Waals surface area (Å²) in [5.74, 6) is 0. The highest BCUT2D eigenvalue weighted by Gasteiger charge is 2.24. The van der Waals surface area contributed by atoms with E-state index >= 15 is 0 Å². The Labute approximate surface area is 119 Å². The van der Waals surface area contributed by atoms with Crippen LogP contribution in [0.2, 0.25) is 5.02 Å². The Hall–Kier alpha value is -1.29. The highest BCUT2D eigenvalue weighted by atomic mass is 35.5. The van der Waals surface area contributed by atoms with E-state index in [4.69, 9.17) is 11.6 Å². The average molecular weight is 285 g/mol. The molecule has 0 aliphatic rings. The molecule has 19 heavy (non-hydrogen) atoms. The molecule has 1 rings (SSSR count). The molecular formula is C14H21ClN2O2. The molecule has 1 unspecified atom stereocenters. The van der Waals surface area contributed by atoms with Crippen LogP contribution >= 0.6 is 11.6 Å². The molecule has 1 atom stereocenters. The highest BCUT2D eigenvalue weighted by Crippen LogP contribution is 2.36. The van der Waals surface area contributed by atoms with Crippen molar-refractivity contribution < 1.29 is 4.92 Å². The molecule has 1 aromatic rings. The second-order valence-electron chi connectivity index (χ2n) is 4.67. The predicted octanol–water partition coefficient (Wildman–Crippen LogP) is 4.65. The summed E-state index contributed by atoms with van der Waals surface area (Å²) in [6.07, 6.45) is 3.00.